The third-order valence-electron chi connectivity index (χ3n) is 4.22. The summed E-state index contributed by atoms with van der Waals surface area (Å²) in [5, 5.41) is 5.97. The number of nitrogens with zero attached hydrogens (tertiary/aromatic N) is 2. The third-order valence-corrected chi connectivity index (χ3v) is 4.54. The van der Waals surface area contributed by atoms with Crippen LogP contribution in [-0.4, -0.2) is 16.0 Å². The molecule has 0 spiro atoms. The minimum atomic E-state index is -4.51. The molecular formula is C17H16ClF3N4. The molecule has 2 fully saturated rings. The summed E-state index contributed by atoms with van der Waals surface area (Å²) in [6.45, 7) is 0. The number of rotatable bonds is 5. The molecule has 2 N–H and O–H groups in total. The molecule has 132 valence electrons. The van der Waals surface area contributed by atoms with Gasteiger partial charge < -0.3 is 10.6 Å². The van der Waals surface area contributed by atoms with Crippen molar-refractivity contribution in [2.24, 2.45) is 0 Å². The Kier molecular flexibility index (Phi) is 3.98. The van der Waals surface area contributed by atoms with Crippen LogP contribution in [0.15, 0.2) is 24.3 Å². The van der Waals surface area contributed by atoms with Crippen LogP contribution in [0, 0.1) is 0 Å². The highest BCUT2D eigenvalue weighted by atomic mass is 35.5. The smallest absolute Gasteiger partial charge is 0.351 e. The van der Waals surface area contributed by atoms with Gasteiger partial charge in [0.25, 0.3) is 0 Å². The van der Waals surface area contributed by atoms with E-state index in [0.29, 0.717) is 23.7 Å². The molecule has 1 aromatic heterocycles. The van der Waals surface area contributed by atoms with Gasteiger partial charge in [0.2, 0.25) is 5.95 Å². The van der Waals surface area contributed by atoms with E-state index < -0.39 is 11.7 Å². The fourth-order valence-electron chi connectivity index (χ4n) is 2.61. The van der Waals surface area contributed by atoms with E-state index >= 15 is 0 Å². The molecule has 8 heteroatoms. The lowest BCUT2D eigenvalue weighted by molar-refractivity contribution is -0.136. The molecule has 0 atom stereocenters. The Labute approximate surface area is 147 Å². The summed E-state index contributed by atoms with van der Waals surface area (Å²) in [5.74, 6) is 1.13. The monoisotopic (exact) mass is 368 g/mol. The van der Waals surface area contributed by atoms with E-state index in [1.807, 2.05) is 0 Å². The Morgan fingerprint density at radius 1 is 1.08 bits per heavy atom. The number of benzene rings is 1. The third kappa shape index (κ3) is 3.81. The summed E-state index contributed by atoms with van der Waals surface area (Å²) < 4.78 is 39.8. The van der Waals surface area contributed by atoms with E-state index in [1.54, 1.807) is 6.07 Å². The Morgan fingerprint density at radius 2 is 1.84 bits per heavy atom. The molecule has 4 rings (SSSR count). The van der Waals surface area contributed by atoms with Crippen LogP contribution in [0.2, 0.25) is 5.02 Å². The average Bonchev–Trinajstić information content (AvgIpc) is 3.42. The fraction of sp³-hybridized carbons (Fsp3) is 0.412. The van der Waals surface area contributed by atoms with Crippen LogP contribution in [0.25, 0.3) is 0 Å². The number of alkyl halides is 3. The first kappa shape index (κ1) is 16.4. The molecule has 0 saturated heterocycles. The summed E-state index contributed by atoms with van der Waals surface area (Å²) in [4.78, 5) is 8.82. The number of halogens is 4. The Bertz CT molecular complexity index is 801. The van der Waals surface area contributed by atoms with Crippen molar-refractivity contribution in [3.8, 4) is 0 Å². The molecule has 25 heavy (non-hydrogen) atoms. The molecule has 0 radical (unpaired) electrons. The zero-order chi connectivity index (χ0) is 17.6. The van der Waals surface area contributed by atoms with Crippen LogP contribution in [0.4, 0.5) is 30.6 Å². The van der Waals surface area contributed by atoms with Gasteiger partial charge in [-0.3, -0.25) is 0 Å². The van der Waals surface area contributed by atoms with Crippen LogP contribution >= 0.6 is 11.6 Å². The molecule has 1 aromatic carbocycles. The first-order valence-electron chi connectivity index (χ1n) is 8.18. The minimum Gasteiger partial charge on any atom is -0.351 e. The maximum Gasteiger partial charge on any atom is 0.418 e. The Balaban J connectivity index is 1.69. The average molecular weight is 369 g/mol. The van der Waals surface area contributed by atoms with Gasteiger partial charge in [0, 0.05) is 18.0 Å². The van der Waals surface area contributed by atoms with E-state index in [-0.39, 0.29) is 10.7 Å². The van der Waals surface area contributed by atoms with E-state index in [4.69, 9.17) is 11.6 Å². The van der Waals surface area contributed by atoms with E-state index in [0.717, 1.165) is 37.4 Å². The normalized spacial score (nSPS) is 17.4. The number of hydrogen-bond acceptors (Lipinski definition) is 4. The van der Waals surface area contributed by atoms with Gasteiger partial charge >= 0.3 is 6.18 Å². The molecule has 0 amide bonds. The highest BCUT2D eigenvalue weighted by Crippen LogP contribution is 2.42. The summed E-state index contributed by atoms with van der Waals surface area (Å²) in [7, 11) is 0. The maximum atomic E-state index is 13.3. The summed E-state index contributed by atoms with van der Waals surface area (Å²) >= 11 is 6.01. The van der Waals surface area contributed by atoms with Crippen molar-refractivity contribution in [1.82, 2.24) is 9.97 Å². The van der Waals surface area contributed by atoms with Crippen LogP contribution in [0.3, 0.4) is 0 Å². The lowest BCUT2D eigenvalue weighted by Gasteiger charge is -2.16. The maximum absolute atomic E-state index is 13.3. The lowest BCUT2D eigenvalue weighted by atomic mass is 10.1. The largest absolute Gasteiger partial charge is 0.418 e. The number of para-hydroxylation sites is 1. The van der Waals surface area contributed by atoms with Gasteiger partial charge in [-0.05, 0) is 37.8 Å². The van der Waals surface area contributed by atoms with Crippen LogP contribution in [0.1, 0.15) is 42.9 Å². The fourth-order valence-corrected chi connectivity index (χ4v) is 2.83. The van der Waals surface area contributed by atoms with Crippen molar-refractivity contribution in [2.45, 2.75) is 43.8 Å². The molecule has 0 bridgehead atoms. The Hall–Kier alpha value is -2.02. The molecule has 0 unspecified atom stereocenters. The van der Waals surface area contributed by atoms with Crippen molar-refractivity contribution in [3.63, 3.8) is 0 Å². The first-order chi connectivity index (χ1) is 11.9. The quantitative estimate of drug-likeness (QED) is 0.747. The predicted octanol–water partition coefficient (Wildman–Crippen LogP) is 5.34. The topological polar surface area (TPSA) is 49.8 Å². The van der Waals surface area contributed by atoms with Gasteiger partial charge in [-0.15, -0.1) is 0 Å². The molecule has 1 heterocycles. The molecule has 2 saturated carbocycles. The van der Waals surface area contributed by atoms with Gasteiger partial charge in [0.05, 0.1) is 22.0 Å². The van der Waals surface area contributed by atoms with Crippen molar-refractivity contribution in [2.75, 3.05) is 10.6 Å². The van der Waals surface area contributed by atoms with Gasteiger partial charge in [-0.1, -0.05) is 17.7 Å². The number of hydrogen-bond donors (Lipinski definition) is 2. The highest BCUT2D eigenvalue weighted by molar-refractivity contribution is 6.33. The van der Waals surface area contributed by atoms with E-state index in [1.165, 1.54) is 12.1 Å². The summed E-state index contributed by atoms with van der Waals surface area (Å²) in [6.07, 6.45) is -0.307. The second kappa shape index (κ2) is 6.05. The van der Waals surface area contributed by atoms with Crippen molar-refractivity contribution < 1.29 is 13.2 Å². The number of nitrogens with one attached hydrogen (secondary N) is 2. The molecule has 0 aliphatic heterocycles. The van der Waals surface area contributed by atoms with E-state index in [9.17, 15) is 13.2 Å². The van der Waals surface area contributed by atoms with Gasteiger partial charge in [-0.25, -0.2) is 4.98 Å². The highest BCUT2D eigenvalue weighted by Gasteiger charge is 2.35. The SMILES string of the molecule is FC(F)(F)c1cccc(Cl)c1Nc1cc(C2CC2)nc(NC2CC2)n1. The number of anilines is 3. The van der Waals surface area contributed by atoms with Crippen LogP contribution in [-0.2, 0) is 6.18 Å². The van der Waals surface area contributed by atoms with Crippen LogP contribution in [0.5, 0.6) is 0 Å². The Morgan fingerprint density at radius 3 is 2.48 bits per heavy atom. The number of aromatic nitrogens is 2. The van der Waals surface area contributed by atoms with Gasteiger partial charge in [-0.2, -0.15) is 18.2 Å². The van der Waals surface area contributed by atoms with Gasteiger partial charge in [0.15, 0.2) is 0 Å². The molecule has 2 aliphatic rings. The van der Waals surface area contributed by atoms with E-state index in [2.05, 4.69) is 20.6 Å². The summed E-state index contributed by atoms with van der Waals surface area (Å²) in [6, 6.07) is 5.77. The molecule has 4 nitrogen and oxygen atoms in total. The zero-order valence-electron chi connectivity index (χ0n) is 13.2. The van der Waals surface area contributed by atoms with Gasteiger partial charge in [0.1, 0.15) is 5.82 Å². The molecule has 2 aliphatic carbocycles. The van der Waals surface area contributed by atoms with Crippen molar-refractivity contribution >= 4 is 29.1 Å². The summed E-state index contributed by atoms with van der Waals surface area (Å²) in [5.41, 5.74) is -0.154. The first-order valence-corrected chi connectivity index (χ1v) is 8.56. The molecular weight excluding hydrogens is 353 g/mol. The van der Waals surface area contributed by atoms with Crippen molar-refractivity contribution in [1.29, 1.82) is 0 Å². The second-order valence-electron chi connectivity index (χ2n) is 6.48. The molecule has 2 aromatic rings. The minimum absolute atomic E-state index is 0.00175. The van der Waals surface area contributed by atoms with Crippen LogP contribution < -0.4 is 10.6 Å². The second-order valence-corrected chi connectivity index (χ2v) is 6.89. The standard InChI is InChI=1S/C17H16ClF3N4/c18-12-3-1-2-11(17(19,20)21)15(12)24-14-8-13(9-4-5-9)23-16(25-14)22-10-6-7-10/h1-3,8-10H,4-7H2,(H2,22,23,24,25). The predicted molar refractivity (Wildman–Crippen MR) is 90.4 cm³/mol. The zero-order valence-corrected chi connectivity index (χ0v) is 14.0. The van der Waals surface area contributed by atoms with Crippen molar-refractivity contribution in [3.05, 3.63) is 40.5 Å². The lowest BCUT2D eigenvalue weighted by Crippen LogP contribution is -2.11.